The first-order chi connectivity index (χ1) is 35.9. The molecule has 0 atom stereocenters. The minimum atomic E-state index is -0.0483. The van der Waals surface area contributed by atoms with Gasteiger partial charge < -0.3 is 22.7 Å². The maximum absolute atomic E-state index is 6.84. The Morgan fingerprint density at radius 1 is 0.432 bits per heavy atom. The van der Waals surface area contributed by atoms with E-state index in [1.54, 1.807) is 0 Å². The molecule has 0 aliphatic carbocycles. The van der Waals surface area contributed by atoms with Crippen LogP contribution in [-0.2, 0) is 26.5 Å². The Balaban J connectivity index is 0.00000505. The van der Waals surface area contributed by atoms with Gasteiger partial charge in [-0.15, -0.1) is 41.3 Å². The van der Waals surface area contributed by atoms with Gasteiger partial charge in [0.05, 0.1) is 50.0 Å². The van der Waals surface area contributed by atoms with Gasteiger partial charge in [-0.3, -0.25) is 4.98 Å². The van der Waals surface area contributed by atoms with Crippen molar-refractivity contribution in [3.05, 3.63) is 230 Å². The van der Waals surface area contributed by atoms with Gasteiger partial charge in [-0.05, 0) is 71.0 Å². The molecule has 0 aliphatic heterocycles. The maximum Gasteiger partial charge on any atom is 2.00 e. The molecule has 354 valence electrons. The van der Waals surface area contributed by atoms with Gasteiger partial charge in [-0.25, -0.2) is 4.98 Å². The van der Waals surface area contributed by atoms with Crippen LogP contribution < -0.4 is 4.74 Å². The van der Waals surface area contributed by atoms with Gasteiger partial charge in [-0.1, -0.05) is 154 Å². The van der Waals surface area contributed by atoms with Crippen LogP contribution in [0.25, 0.3) is 121 Å². The van der Waals surface area contributed by atoms with Crippen LogP contribution in [0.5, 0.6) is 11.5 Å². The van der Waals surface area contributed by atoms with Crippen LogP contribution in [0.2, 0.25) is 0 Å². The fourth-order valence-electron chi connectivity index (χ4n) is 11.6. The second-order valence-corrected chi connectivity index (χ2v) is 20.0. The van der Waals surface area contributed by atoms with Crippen LogP contribution in [0.15, 0.2) is 212 Å². The number of aromatic nitrogens is 6. The zero-order chi connectivity index (χ0) is 48.5. The van der Waals surface area contributed by atoms with E-state index in [1.807, 2.05) is 24.4 Å². The molecule has 0 N–H and O–H groups in total. The molecule has 0 saturated heterocycles. The van der Waals surface area contributed by atoms with Gasteiger partial charge in [0, 0.05) is 61.2 Å². The van der Waals surface area contributed by atoms with Gasteiger partial charge in [0.2, 0.25) is 0 Å². The Labute approximate surface area is 440 Å². The molecule has 0 bridgehead atoms. The third kappa shape index (κ3) is 6.49. The van der Waals surface area contributed by atoms with Crippen molar-refractivity contribution in [3.8, 4) is 34.4 Å². The fraction of sp³-hybridized carbons (Fsp3) is 0.0606. The number of rotatable bonds is 5. The molecule has 15 rings (SSSR count). The number of fused-ring (bicyclic) bond motifs is 15. The molecule has 0 unspecified atom stereocenters. The van der Waals surface area contributed by atoms with Crippen LogP contribution >= 0.6 is 0 Å². The molecule has 6 aromatic heterocycles. The molecule has 15 aromatic rings. The van der Waals surface area contributed by atoms with Crippen LogP contribution in [0.4, 0.5) is 0 Å². The van der Waals surface area contributed by atoms with Gasteiger partial charge in [-0.2, -0.15) is 6.07 Å². The van der Waals surface area contributed by atoms with Crippen molar-refractivity contribution in [1.82, 2.24) is 27.9 Å². The van der Waals surface area contributed by atoms with E-state index in [1.165, 1.54) is 21.7 Å². The summed E-state index contributed by atoms with van der Waals surface area (Å²) in [6, 6.07) is 80.7. The van der Waals surface area contributed by atoms with Gasteiger partial charge in [0.1, 0.15) is 5.82 Å². The smallest absolute Gasteiger partial charge is 0.503 e. The Morgan fingerprint density at radius 2 is 0.973 bits per heavy atom. The molecule has 6 heterocycles. The zero-order valence-corrected chi connectivity index (χ0v) is 42.9. The maximum atomic E-state index is 6.84. The van der Waals surface area contributed by atoms with Crippen LogP contribution in [0.1, 0.15) is 26.3 Å². The van der Waals surface area contributed by atoms with Crippen LogP contribution in [0.3, 0.4) is 0 Å². The monoisotopic (exact) mass is 1130 g/mol. The van der Waals surface area contributed by atoms with E-state index in [-0.39, 0.29) is 26.5 Å². The normalized spacial score (nSPS) is 12.1. The summed E-state index contributed by atoms with van der Waals surface area (Å²) in [7, 11) is 0. The first kappa shape index (κ1) is 44.0. The number of hydrogen-bond acceptors (Lipinski definition) is 3. The van der Waals surface area contributed by atoms with E-state index in [0.29, 0.717) is 11.5 Å². The Hall–Kier alpha value is -8.77. The van der Waals surface area contributed by atoms with Crippen molar-refractivity contribution in [2.75, 3.05) is 0 Å². The van der Waals surface area contributed by atoms with E-state index >= 15 is 0 Å². The summed E-state index contributed by atoms with van der Waals surface area (Å²) in [5.41, 5.74) is 13.4. The summed E-state index contributed by atoms with van der Waals surface area (Å²) in [6.07, 6.45) is 1.90. The quantitative estimate of drug-likeness (QED) is 0.161. The van der Waals surface area contributed by atoms with Gasteiger partial charge >= 0.3 is 21.1 Å². The molecule has 0 saturated carbocycles. The Bertz CT molecular complexity index is 4820. The number of nitrogens with zero attached hydrogens (tertiary/aromatic N) is 6. The third-order valence-electron chi connectivity index (χ3n) is 14.8. The summed E-state index contributed by atoms with van der Waals surface area (Å²) in [5, 5.41) is 8.99. The molecule has 7 nitrogen and oxygen atoms in total. The van der Waals surface area contributed by atoms with Crippen molar-refractivity contribution in [2.24, 2.45) is 0 Å². The van der Waals surface area contributed by atoms with E-state index in [2.05, 4.69) is 239 Å². The minimum Gasteiger partial charge on any atom is -0.503 e. The first-order valence-corrected chi connectivity index (χ1v) is 24.8. The molecule has 0 amide bonds. The summed E-state index contributed by atoms with van der Waals surface area (Å²) in [5.74, 6) is 2.70. The topological polar surface area (TPSA) is 53.7 Å². The van der Waals surface area contributed by atoms with Crippen LogP contribution in [0, 0.1) is 12.1 Å². The van der Waals surface area contributed by atoms with E-state index in [4.69, 9.17) is 14.7 Å². The molecule has 0 fully saturated rings. The van der Waals surface area contributed by atoms with Crippen molar-refractivity contribution < 1.29 is 25.8 Å². The molecule has 0 spiro atoms. The summed E-state index contributed by atoms with van der Waals surface area (Å²) < 4.78 is 16.3. The number of imidazole rings is 1. The summed E-state index contributed by atoms with van der Waals surface area (Å²) in [6.45, 7) is 6.69. The summed E-state index contributed by atoms with van der Waals surface area (Å²) in [4.78, 5) is 10.8. The van der Waals surface area contributed by atoms with Crippen molar-refractivity contribution in [2.45, 2.75) is 26.2 Å². The zero-order valence-electron chi connectivity index (χ0n) is 40.6. The number of hydrogen-bond donors (Lipinski definition) is 0. The Morgan fingerprint density at radius 3 is 1.65 bits per heavy atom. The molecule has 0 aliphatic rings. The number of benzene rings is 9. The number of pyridine rings is 1. The van der Waals surface area contributed by atoms with Crippen molar-refractivity contribution in [1.29, 1.82) is 0 Å². The average Bonchev–Trinajstić information content (AvgIpc) is 4.19. The first-order valence-electron chi connectivity index (χ1n) is 24.8. The van der Waals surface area contributed by atoms with E-state index in [9.17, 15) is 0 Å². The van der Waals surface area contributed by atoms with Crippen molar-refractivity contribution in [3.63, 3.8) is 0 Å². The molecular weight excluding hydrogens is 1090 g/mol. The predicted octanol–water partition coefficient (Wildman–Crippen LogP) is 16.7. The predicted molar refractivity (Wildman–Crippen MR) is 300 cm³/mol. The van der Waals surface area contributed by atoms with E-state index in [0.717, 1.165) is 105 Å². The third-order valence-corrected chi connectivity index (χ3v) is 14.8. The van der Waals surface area contributed by atoms with Crippen LogP contribution in [-0.4, -0.2) is 27.9 Å². The largest absolute Gasteiger partial charge is 2.00 e. The van der Waals surface area contributed by atoms with E-state index < -0.39 is 0 Å². The average molecular weight is 1130 g/mol. The van der Waals surface area contributed by atoms with Gasteiger partial charge in [0.25, 0.3) is 0 Å². The molecule has 9 aromatic carbocycles. The molecule has 0 radical (unpaired) electrons. The second-order valence-electron chi connectivity index (χ2n) is 20.0. The fourth-order valence-corrected chi connectivity index (χ4v) is 11.6. The number of para-hydroxylation sites is 8. The second kappa shape index (κ2) is 16.6. The van der Waals surface area contributed by atoms with Crippen molar-refractivity contribution >= 4 is 98.3 Å². The Kier molecular flexibility index (Phi) is 9.89. The number of ether oxygens (including phenoxy) is 1. The standard InChI is InChI=1S/C66H44N6O.Pt/c1-66(2,3)42-36-37-67-60(39-42)70-54-29-10-7-22-46(54)49-35-34-45(40-59(49)70)73-44-21-15-18-41(38-44)65-68-61-52-27-16-25-50-47-23-8-11-30-55(47)71(62(50)52)57-32-13-14-33-58(57)72-56-31-12-9-24-48(56)51-26-17-28-53(63(51)72)64(61)69(65)43-19-5-4-6-20-43;/h4-37,39H,1-3H3;/q-2;+2. The summed E-state index contributed by atoms with van der Waals surface area (Å²) >= 11 is 0. The molecule has 8 heteroatoms. The SMILES string of the molecule is CC(C)(C)c1ccnc(-n2c3[c-]c(Oc4[c-]c(-c5nc6c7cccc8c9ccccc9n(c9ccccc9n9c%10ccccc%10c%10cccc(c6n5-c5ccccc5)c%109)c87)ccc4)ccc3c3ccccc32)c1.[Pt+2]. The molecular formula is C66H44N6OPt. The molecule has 74 heavy (non-hydrogen) atoms. The minimum absolute atomic E-state index is 0. The van der Waals surface area contributed by atoms with Gasteiger partial charge in [0.15, 0.2) is 0 Å².